The minimum absolute atomic E-state index is 0.0851. The number of pyridine rings is 1. The summed E-state index contributed by atoms with van der Waals surface area (Å²) < 4.78 is 49.5. The van der Waals surface area contributed by atoms with Crippen molar-refractivity contribution >= 4 is 17.6 Å². The highest BCUT2D eigenvalue weighted by Gasteiger charge is 2.27. The maximum atomic E-state index is 13.8. The van der Waals surface area contributed by atoms with Gasteiger partial charge in [-0.05, 0) is 18.9 Å². The Hall–Kier alpha value is -2.82. The topological polar surface area (TPSA) is 89.6 Å². The lowest BCUT2D eigenvalue weighted by atomic mass is 10.1. The number of morpholine rings is 1. The lowest BCUT2D eigenvalue weighted by Crippen LogP contribution is -2.42. The van der Waals surface area contributed by atoms with Gasteiger partial charge in [-0.2, -0.15) is 13.8 Å². The van der Waals surface area contributed by atoms with E-state index in [2.05, 4.69) is 31.5 Å². The number of ether oxygens (including phenoxy) is 2. The maximum absolute atomic E-state index is 13.8. The number of nitrogen functional groups attached to an aromatic ring is 1. The van der Waals surface area contributed by atoms with Crippen LogP contribution in [0, 0.1) is 0 Å². The average molecular weight is 438 g/mol. The molecule has 0 aromatic carbocycles. The van der Waals surface area contributed by atoms with E-state index >= 15 is 0 Å². The van der Waals surface area contributed by atoms with Crippen molar-refractivity contribution in [2.45, 2.75) is 38.7 Å². The predicted octanol–water partition coefficient (Wildman–Crippen LogP) is 2.89. The maximum Gasteiger partial charge on any atom is 0.387 e. The molecule has 8 nitrogen and oxygen atoms in total. The van der Waals surface area contributed by atoms with Crippen LogP contribution in [-0.2, 0) is 4.74 Å². The number of hydrogen-bond acceptors (Lipinski definition) is 8. The summed E-state index contributed by atoms with van der Waals surface area (Å²) in [6.45, 7) is 1.63. The second-order valence-corrected chi connectivity index (χ2v) is 7.58. The van der Waals surface area contributed by atoms with E-state index in [1.54, 1.807) is 11.0 Å². The van der Waals surface area contributed by atoms with Gasteiger partial charge in [-0.1, -0.05) is 6.92 Å². The van der Waals surface area contributed by atoms with Gasteiger partial charge in [0.25, 0.3) is 0 Å². The molecule has 0 bridgehead atoms. The fourth-order valence-electron chi connectivity index (χ4n) is 3.73. The molecule has 2 atom stereocenters. The van der Waals surface area contributed by atoms with Gasteiger partial charge in [-0.25, -0.2) is 14.4 Å². The van der Waals surface area contributed by atoms with E-state index in [1.807, 2.05) is 0 Å². The van der Waals surface area contributed by atoms with E-state index in [4.69, 9.17) is 10.5 Å². The number of aromatic nitrogens is 3. The molecule has 0 spiro atoms. The largest absolute Gasteiger partial charge is 0.431 e. The van der Waals surface area contributed by atoms with Crippen LogP contribution in [0.1, 0.15) is 19.8 Å². The van der Waals surface area contributed by atoms with Gasteiger partial charge in [0, 0.05) is 37.5 Å². The lowest BCUT2D eigenvalue weighted by Gasteiger charge is -2.34. The van der Waals surface area contributed by atoms with Gasteiger partial charge in [0.15, 0.2) is 11.6 Å². The number of hydrogen-bond donors (Lipinski definition) is 1. The fraction of sp³-hybridized carbons (Fsp3) is 0.550. The summed E-state index contributed by atoms with van der Waals surface area (Å²) in [4.78, 5) is 17.1. The molecule has 2 aliphatic heterocycles. The van der Waals surface area contributed by atoms with E-state index < -0.39 is 12.8 Å². The zero-order valence-corrected chi connectivity index (χ0v) is 17.2. The Kier molecular flexibility index (Phi) is 6.30. The first-order valence-electron chi connectivity index (χ1n) is 10.3. The first kappa shape index (κ1) is 21.4. The molecule has 0 amide bonds. The molecule has 0 aliphatic carbocycles. The molecule has 4 rings (SSSR count). The monoisotopic (exact) mass is 438 g/mol. The summed E-state index contributed by atoms with van der Waals surface area (Å²) in [6.07, 6.45) is 1.87. The highest BCUT2D eigenvalue weighted by Crippen LogP contribution is 2.31. The smallest absolute Gasteiger partial charge is 0.387 e. The van der Waals surface area contributed by atoms with Gasteiger partial charge in [0.05, 0.1) is 24.9 Å². The Balaban J connectivity index is 1.73. The Bertz CT molecular complexity index is 918. The second-order valence-electron chi connectivity index (χ2n) is 7.58. The van der Waals surface area contributed by atoms with Crippen LogP contribution in [-0.4, -0.2) is 66.6 Å². The lowest BCUT2D eigenvalue weighted by molar-refractivity contribution is -0.0494. The molecule has 2 aliphatic rings. The van der Waals surface area contributed by atoms with Crippen LogP contribution in [0.5, 0.6) is 5.75 Å². The molecule has 2 fully saturated rings. The molecule has 11 heteroatoms. The van der Waals surface area contributed by atoms with Gasteiger partial charge in [0.2, 0.25) is 5.95 Å². The third kappa shape index (κ3) is 4.92. The number of nitrogens with zero attached hydrogens (tertiary/aromatic N) is 5. The average Bonchev–Trinajstić information content (AvgIpc) is 3.21. The minimum Gasteiger partial charge on any atom is -0.431 e. The molecule has 4 heterocycles. The summed E-state index contributed by atoms with van der Waals surface area (Å²) in [6, 6.07) is 3.14. The van der Waals surface area contributed by atoms with Crippen molar-refractivity contribution in [3.8, 4) is 17.0 Å². The van der Waals surface area contributed by atoms with Gasteiger partial charge < -0.3 is 25.0 Å². The summed E-state index contributed by atoms with van der Waals surface area (Å²) in [5.74, 6) is 0.687. The van der Waals surface area contributed by atoms with Crippen LogP contribution >= 0.6 is 0 Å². The van der Waals surface area contributed by atoms with Crippen molar-refractivity contribution in [1.82, 2.24) is 15.0 Å². The van der Waals surface area contributed by atoms with E-state index in [1.165, 1.54) is 12.3 Å². The third-order valence-corrected chi connectivity index (χ3v) is 5.43. The molecular formula is C20H25F3N6O2. The molecular weight excluding hydrogens is 413 g/mol. The molecule has 31 heavy (non-hydrogen) atoms. The van der Waals surface area contributed by atoms with Crippen molar-refractivity contribution in [1.29, 1.82) is 0 Å². The summed E-state index contributed by atoms with van der Waals surface area (Å²) in [5.41, 5.74) is 6.58. The normalized spacial score (nSPS) is 21.7. The van der Waals surface area contributed by atoms with E-state index in [0.29, 0.717) is 55.7 Å². The summed E-state index contributed by atoms with van der Waals surface area (Å²) in [5, 5.41) is 0. The number of anilines is 3. The van der Waals surface area contributed by atoms with Gasteiger partial charge >= 0.3 is 6.61 Å². The predicted molar refractivity (Wildman–Crippen MR) is 110 cm³/mol. The molecule has 0 radical (unpaired) electrons. The SMILES string of the molecule is CC[C@H]1CN(c2cc(-c3cnc(N)c(OC(F)F)c3)nc(N3CC[C@H](F)C3)n2)CCO1. The molecule has 2 N–H and O–H groups in total. The summed E-state index contributed by atoms with van der Waals surface area (Å²) >= 11 is 0. The molecule has 2 aromatic rings. The van der Waals surface area contributed by atoms with Crippen LogP contribution in [0.2, 0.25) is 0 Å². The van der Waals surface area contributed by atoms with Gasteiger partial charge in [-0.15, -0.1) is 0 Å². The first-order valence-corrected chi connectivity index (χ1v) is 10.3. The molecule has 2 aromatic heterocycles. The Morgan fingerprint density at radius 1 is 1.23 bits per heavy atom. The van der Waals surface area contributed by atoms with Crippen LogP contribution in [0.4, 0.5) is 30.8 Å². The van der Waals surface area contributed by atoms with E-state index in [9.17, 15) is 13.2 Å². The van der Waals surface area contributed by atoms with Crippen LogP contribution in [0.15, 0.2) is 18.3 Å². The highest BCUT2D eigenvalue weighted by atomic mass is 19.3. The Labute approximate surface area is 178 Å². The van der Waals surface area contributed by atoms with Crippen molar-refractivity contribution in [3.05, 3.63) is 18.3 Å². The van der Waals surface area contributed by atoms with Crippen molar-refractivity contribution in [2.75, 3.05) is 48.3 Å². The molecule has 168 valence electrons. The fourth-order valence-corrected chi connectivity index (χ4v) is 3.73. The van der Waals surface area contributed by atoms with Crippen molar-refractivity contribution < 1.29 is 22.6 Å². The quantitative estimate of drug-likeness (QED) is 0.737. The Morgan fingerprint density at radius 3 is 2.77 bits per heavy atom. The molecule has 0 saturated carbocycles. The third-order valence-electron chi connectivity index (χ3n) is 5.43. The second kappa shape index (κ2) is 9.13. The number of rotatable bonds is 6. The van der Waals surface area contributed by atoms with Gasteiger partial charge in [-0.3, -0.25) is 0 Å². The van der Waals surface area contributed by atoms with Crippen LogP contribution < -0.4 is 20.3 Å². The summed E-state index contributed by atoms with van der Waals surface area (Å²) in [7, 11) is 0. The number of alkyl halides is 3. The van der Waals surface area contributed by atoms with E-state index in [0.717, 1.165) is 6.42 Å². The van der Waals surface area contributed by atoms with E-state index in [-0.39, 0.29) is 24.2 Å². The van der Waals surface area contributed by atoms with Crippen molar-refractivity contribution in [2.24, 2.45) is 0 Å². The van der Waals surface area contributed by atoms with Gasteiger partial charge in [0.1, 0.15) is 12.0 Å². The zero-order valence-electron chi connectivity index (χ0n) is 17.2. The molecule has 2 saturated heterocycles. The number of nitrogens with two attached hydrogens (primary N) is 1. The zero-order chi connectivity index (χ0) is 22.0. The van der Waals surface area contributed by atoms with Crippen LogP contribution in [0.3, 0.4) is 0 Å². The highest BCUT2D eigenvalue weighted by molar-refractivity contribution is 5.68. The standard InChI is InChI=1S/C20H25F3N6O2/c1-2-14-11-28(5-6-30-14)17-8-15(26-20(27-17)29-4-3-13(21)10-29)12-7-16(31-19(22)23)18(24)25-9-12/h7-9,13-14,19H,2-6,10-11H2,1H3,(H2,24,25)/t13-,14-/m0/s1. The Morgan fingerprint density at radius 2 is 2.06 bits per heavy atom. The minimum atomic E-state index is -3.03. The number of halogens is 3. The van der Waals surface area contributed by atoms with Crippen molar-refractivity contribution in [3.63, 3.8) is 0 Å². The van der Waals surface area contributed by atoms with Crippen LogP contribution in [0.25, 0.3) is 11.3 Å². The molecule has 0 unspecified atom stereocenters. The first-order chi connectivity index (χ1) is 14.9.